The van der Waals surface area contributed by atoms with Crippen LogP contribution in [-0.2, 0) is 4.79 Å². The van der Waals surface area contributed by atoms with Crippen LogP contribution in [0.2, 0.25) is 0 Å². The average Bonchev–Trinajstić information content (AvgIpc) is 2.36. The Kier molecular flexibility index (Phi) is 3.50. The zero-order valence-corrected chi connectivity index (χ0v) is 9.27. The van der Waals surface area contributed by atoms with Crippen molar-refractivity contribution in [1.82, 2.24) is 4.90 Å². The SMILES string of the molecule is CC[C@@H](C)CC(=O)N1CC(F)(F)C(F)(F)C1. The molecule has 1 heterocycles. The number of carbonyl (C=O) groups excluding carboxylic acids is 1. The highest BCUT2D eigenvalue weighted by atomic mass is 19.3. The largest absolute Gasteiger partial charge is 0.330 e. The van der Waals surface area contributed by atoms with Crippen molar-refractivity contribution in [3.05, 3.63) is 0 Å². The van der Waals surface area contributed by atoms with E-state index in [1.165, 1.54) is 0 Å². The van der Waals surface area contributed by atoms with E-state index in [1.807, 2.05) is 6.92 Å². The molecule has 0 aliphatic carbocycles. The van der Waals surface area contributed by atoms with Gasteiger partial charge in [0.05, 0.1) is 13.1 Å². The fourth-order valence-electron chi connectivity index (χ4n) is 1.51. The van der Waals surface area contributed by atoms with Crippen molar-refractivity contribution in [2.45, 2.75) is 38.5 Å². The number of halogens is 4. The minimum Gasteiger partial charge on any atom is -0.330 e. The van der Waals surface area contributed by atoms with E-state index in [2.05, 4.69) is 0 Å². The van der Waals surface area contributed by atoms with E-state index in [0.717, 1.165) is 0 Å². The molecule has 0 saturated carbocycles. The molecule has 94 valence electrons. The van der Waals surface area contributed by atoms with E-state index in [4.69, 9.17) is 0 Å². The lowest BCUT2D eigenvalue weighted by molar-refractivity contribution is -0.172. The van der Waals surface area contributed by atoms with Gasteiger partial charge in [-0.3, -0.25) is 4.79 Å². The number of rotatable bonds is 3. The van der Waals surface area contributed by atoms with Crippen molar-refractivity contribution in [2.24, 2.45) is 5.92 Å². The Labute approximate surface area is 91.6 Å². The number of likely N-dealkylation sites (tertiary alicyclic amines) is 1. The number of alkyl halides is 4. The summed E-state index contributed by atoms with van der Waals surface area (Å²) in [4.78, 5) is 12.0. The Morgan fingerprint density at radius 1 is 1.25 bits per heavy atom. The Morgan fingerprint density at radius 2 is 1.69 bits per heavy atom. The highest BCUT2D eigenvalue weighted by Gasteiger charge is 2.63. The van der Waals surface area contributed by atoms with E-state index in [1.54, 1.807) is 6.92 Å². The van der Waals surface area contributed by atoms with Crippen LogP contribution in [0, 0.1) is 5.92 Å². The summed E-state index contributed by atoms with van der Waals surface area (Å²) in [7, 11) is 0. The molecule has 0 aromatic rings. The van der Waals surface area contributed by atoms with Crippen molar-refractivity contribution in [1.29, 1.82) is 0 Å². The van der Waals surface area contributed by atoms with Crippen LogP contribution in [0.4, 0.5) is 17.6 Å². The van der Waals surface area contributed by atoms with E-state index in [0.29, 0.717) is 11.3 Å². The molecule has 1 amide bonds. The molecule has 1 atom stereocenters. The average molecular weight is 241 g/mol. The van der Waals surface area contributed by atoms with Crippen molar-refractivity contribution in [3.8, 4) is 0 Å². The molecule has 6 heteroatoms. The minimum absolute atomic E-state index is 0.0235. The molecule has 1 fully saturated rings. The molecule has 0 unspecified atom stereocenters. The zero-order chi connectivity index (χ0) is 12.6. The third-order valence-electron chi connectivity index (χ3n) is 2.89. The molecule has 0 spiro atoms. The lowest BCUT2D eigenvalue weighted by Crippen LogP contribution is -2.38. The normalized spacial score (nSPS) is 24.5. The van der Waals surface area contributed by atoms with Gasteiger partial charge in [0.15, 0.2) is 0 Å². The summed E-state index contributed by atoms with van der Waals surface area (Å²) in [5, 5.41) is 0. The lowest BCUT2D eigenvalue weighted by atomic mass is 10.0. The molecule has 0 aromatic carbocycles. The zero-order valence-electron chi connectivity index (χ0n) is 9.27. The molecular weight excluding hydrogens is 226 g/mol. The maximum absolute atomic E-state index is 12.8. The van der Waals surface area contributed by atoms with Crippen molar-refractivity contribution < 1.29 is 22.4 Å². The maximum Gasteiger partial charge on any atom is 0.329 e. The second-order valence-corrected chi connectivity index (χ2v) is 4.38. The van der Waals surface area contributed by atoms with Crippen LogP contribution < -0.4 is 0 Å². The molecule has 0 aromatic heterocycles. The fraction of sp³-hybridized carbons (Fsp3) is 0.900. The molecular formula is C10H15F4NO. The van der Waals surface area contributed by atoms with Crippen LogP contribution >= 0.6 is 0 Å². The fourth-order valence-corrected chi connectivity index (χ4v) is 1.51. The van der Waals surface area contributed by atoms with Crippen LogP contribution in [-0.4, -0.2) is 35.7 Å². The first kappa shape index (κ1) is 13.3. The highest BCUT2D eigenvalue weighted by molar-refractivity contribution is 5.77. The number of nitrogens with zero attached hydrogens (tertiary/aromatic N) is 1. The van der Waals surface area contributed by atoms with Gasteiger partial charge in [0, 0.05) is 6.42 Å². The Morgan fingerprint density at radius 3 is 2.06 bits per heavy atom. The summed E-state index contributed by atoms with van der Waals surface area (Å²) in [5.41, 5.74) is 0. The number of amides is 1. The van der Waals surface area contributed by atoms with Crippen LogP contribution in [0.5, 0.6) is 0 Å². The third-order valence-corrected chi connectivity index (χ3v) is 2.89. The van der Waals surface area contributed by atoms with Crippen LogP contribution in [0.25, 0.3) is 0 Å². The minimum atomic E-state index is -4.10. The van der Waals surface area contributed by atoms with Crippen molar-refractivity contribution in [2.75, 3.05) is 13.1 Å². The Hall–Kier alpha value is -0.810. The quantitative estimate of drug-likeness (QED) is 0.695. The van der Waals surface area contributed by atoms with Gasteiger partial charge in [-0.05, 0) is 5.92 Å². The van der Waals surface area contributed by atoms with Gasteiger partial charge in [0.25, 0.3) is 0 Å². The van der Waals surface area contributed by atoms with Gasteiger partial charge < -0.3 is 4.90 Å². The maximum atomic E-state index is 12.8. The van der Waals surface area contributed by atoms with Gasteiger partial charge in [-0.15, -0.1) is 0 Å². The van der Waals surface area contributed by atoms with Crippen molar-refractivity contribution >= 4 is 5.91 Å². The topological polar surface area (TPSA) is 20.3 Å². The highest BCUT2D eigenvalue weighted by Crippen LogP contribution is 2.41. The smallest absolute Gasteiger partial charge is 0.329 e. The second kappa shape index (κ2) is 4.22. The summed E-state index contributed by atoms with van der Waals surface area (Å²) >= 11 is 0. The van der Waals surface area contributed by atoms with Gasteiger partial charge >= 0.3 is 11.8 Å². The number of carbonyl (C=O) groups is 1. The Balaban J connectivity index is 2.62. The molecule has 0 bridgehead atoms. The predicted octanol–water partition coefficient (Wildman–Crippen LogP) is 2.54. The first-order valence-electron chi connectivity index (χ1n) is 5.23. The van der Waals surface area contributed by atoms with E-state index in [9.17, 15) is 22.4 Å². The van der Waals surface area contributed by atoms with Crippen molar-refractivity contribution in [3.63, 3.8) is 0 Å². The molecule has 0 N–H and O–H groups in total. The molecule has 1 aliphatic rings. The molecule has 1 aliphatic heterocycles. The lowest BCUT2D eigenvalue weighted by Gasteiger charge is -2.17. The predicted molar refractivity (Wildman–Crippen MR) is 50.5 cm³/mol. The first-order valence-corrected chi connectivity index (χ1v) is 5.23. The summed E-state index contributed by atoms with van der Waals surface area (Å²) in [6.45, 7) is 1.29. The first-order chi connectivity index (χ1) is 7.19. The van der Waals surface area contributed by atoms with Gasteiger partial charge in [0.2, 0.25) is 5.91 Å². The van der Waals surface area contributed by atoms with Gasteiger partial charge in [0.1, 0.15) is 0 Å². The molecule has 1 rings (SSSR count). The van der Waals surface area contributed by atoms with Crippen LogP contribution in [0.3, 0.4) is 0 Å². The number of hydrogen-bond acceptors (Lipinski definition) is 1. The van der Waals surface area contributed by atoms with Gasteiger partial charge in [-0.25, -0.2) is 0 Å². The Bertz CT molecular complexity index is 264. The summed E-state index contributed by atoms with van der Waals surface area (Å²) in [6, 6.07) is 0. The summed E-state index contributed by atoms with van der Waals surface area (Å²) in [6.07, 6.45) is 0.759. The molecule has 0 radical (unpaired) electrons. The summed E-state index contributed by atoms with van der Waals surface area (Å²) in [5.74, 6) is -8.79. The second-order valence-electron chi connectivity index (χ2n) is 4.38. The molecule has 1 saturated heterocycles. The standard InChI is InChI=1S/C10H15F4NO/c1-3-7(2)4-8(16)15-5-9(11,12)10(13,14)6-15/h7H,3-6H2,1-2H3/t7-/m1/s1. The molecule has 2 nitrogen and oxygen atoms in total. The van der Waals surface area contributed by atoms with Crippen LogP contribution in [0.15, 0.2) is 0 Å². The van der Waals surface area contributed by atoms with Gasteiger partial charge in [-0.1, -0.05) is 20.3 Å². The van der Waals surface area contributed by atoms with E-state index >= 15 is 0 Å². The third kappa shape index (κ3) is 2.47. The van der Waals surface area contributed by atoms with Gasteiger partial charge in [-0.2, -0.15) is 17.6 Å². The molecule has 16 heavy (non-hydrogen) atoms. The van der Waals surface area contributed by atoms with E-state index < -0.39 is 30.8 Å². The number of hydrogen-bond donors (Lipinski definition) is 0. The van der Waals surface area contributed by atoms with Crippen LogP contribution in [0.1, 0.15) is 26.7 Å². The monoisotopic (exact) mass is 241 g/mol. The van der Waals surface area contributed by atoms with E-state index in [-0.39, 0.29) is 12.3 Å². The summed E-state index contributed by atoms with van der Waals surface area (Å²) < 4.78 is 51.2.